The van der Waals surface area contributed by atoms with E-state index < -0.39 is 0 Å². The fraction of sp³-hybridized carbons (Fsp3) is 0.353. The standard InChI is InChI=1S/C17H18Cl2N6/c18-14-3-1-4-15(19)13(14)11-23-6-2-7-24(10-9-23)16-17-22-21-12-25(17)8-5-20-16/h1,3-5,8,12H,2,6-7,9-11H2. The number of hydrogen-bond donors (Lipinski definition) is 0. The number of anilines is 1. The molecule has 1 aliphatic heterocycles. The molecule has 3 heterocycles. The first-order chi connectivity index (χ1) is 12.2. The maximum atomic E-state index is 6.32. The fourth-order valence-electron chi connectivity index (χ4n) is 3.22. The van der Waals surface area contributed by atoms with Gasteiger partial charge in [-0.2, -0.15) is 0 Å². The summed E-state index contributed by atoms with van der Waals surface area (Å²) in [5, 5.41) is 9.62. The third-order valence-electron chi connectivity index (χ3n) is 4.53. The van der Waals surface area contributed by atoms with Crippen LogP contribution in [0, 0.1) is 0 Å². The summed E-state index contributed by atoms with van der Waals surface area (Å²) >= 11 is 12.6. The third kappa shape index (κ3) is 3.42. The van der Waals surface area contributed by atoms with Gasteiger partial charge in [0.15, 0.2) is 5.82 Å². The molecule has 25 heavy (non-hydrogen) atoms. The maximum Gasteiger partial charge on any atom is 0.203 e. The summed E-state index contributed by atoms with van der Waals surface area (Å²) in [6.07, 6.45) is 6.39. The zero-order valence-electron chi connectivity index (χ0n) is 13.6. The zero-order chi connectivity index (χ0) is 17.2. The lowest BCUT2D eigenvalue weighted by molar-refractivity contribution is 0.285. The summed E-state index contributed by atoms with van der Waals surface area (Å²) in [5.74, 6) is 0.887. The van der Waals surface area contributed by atoms with Gasteiger partial charge in [-0.1, -0.05) is 29.3 Å². The van der Waals surface area contributed by atoms with Crippen molar-refractivity contribution in [1.82, 2.24) is 24.5 Å². The number of rotatable bonds is 3. The lowest BCUT2D eigenvalue weighted by Crippen LogP contribution is -2.31. The molecular formula is C17H18Cl2N6. The van der Waals surface area contributed by atoms with Crippen LogP contribution in [-0.2, 0) is 6.54 Å². The van der Waals surface area contributed by atoms with E-state index in [2.05, 4.69) is 25.0 Å². The number of fused-ring (bicyclic) bond motifs is 1. The van der Waals surface area contributed by atoms with E-state index in [1.54, 1.807) is 12.5 Å². The number of hydrogen-bond acceptors (Lipinski definition) is 5. The van der Waals surface area contributed by atoms with Crippen LogP contribution < -0.4 is 4.90 Å². The van der Waals surface area contributed by atoms with E-state index in [0.717, 1.165) is 66.2 Å². The van der Waals surface area contributed by atoms with E-state index in [9.17, 15) is 0 Å². The summed E-state index contributed by atoms with van der Waals surface area (Å²) in [5.41, 5.74) is 1.79. The molecule has 0 N–H and O–H groups in total. The second kappa shape index (κ2) is 7.15. The van der Waals surface area contributed by atoms with E-state index in [1.165, 1.54) is 0 Å². The molecule has 0 saturated carbocycles. The Labute approximate surface area is 156 Å². The first-order valence-corrected chi connectivity index (χ1v) is 9.02. The Morgan fingerprint density at radius 1 is 1.04 bits per heavy atom. The van der Waals surface area contributed by atoms with Gasteiger partial charge in [-0.3, -0.25) is 9.30 Å². The number of aromatic nitrogens is 4. The van der Waals surface area contributed by atoms with Crippen molar-refractivity contribution in [2.24, 2.45) is 0 Å². The Morgan fingerprint density at radius 2 is 1.88 bits per heavy atom. The Morgan fingerprint density at radius 3 is 2.72 bits per heavy atom. The van der Waals surface area contributed by atoms with E-state index in [0.29, 0.717) is 0 Å². The molecule has 2 aromatic heterocycles. The molecule has 0 unspecified atom stereocenters. The van der Waals surface area contributed by atoms with Crippen molar-refractivity contribution in [1.29, 1.82) is 0 Å². The van der Waals surface area contributed by atoms with Gasteiger partial charge in [0.05, 0.1) is 0 Å². The molecule has 3 aromatic rings. The Bertz CT molecular complexity index is 860. The summed E-state index contributed by atoms with van der Waals surface area (Å²) in [4.78, 5) is 9.19. The second-order valence-electron chi connectivity index (χ2n) is 6.13. The maximum absolute atomic E-state index is 6.32. The fourth-order valence-corrected chi connectivity index (χ4v) is 3.73. The van der Waals surface area contributed by atoms with Gasteiger partial charge >= 0.3 is 0 Å². The van der Waals surface area contributed by atoms with Gasteiger partial charge in [-0.15, -0.1) is 10.2 Å². The lowest BCUT2D eigenvalue weighted by Gasteiger charge is -2.23. The summed E-state index contributed by atoms with van der Waals surface area (Å²) in [7, 11) is 0. The molecule has 6 nitrogen and oxygen atoms in total. The quantitative estimate of drug-likeness (QED) is 0.702. The highest BCUT2D eigenvalue weighted by atomic mass is 35.5. The zero-order valence-corrected chi connectivity index (χ0v) is 15.2. The SMILES string of the molecule is Clc1cccc(Cl)c1CN1CCCN(c2nccn3cnnc23)CC1. The number of benzene rings is 1. The van der Waals surface area contributed by atoms with Gasteiger partial charge in [-0.05, 0) is 18.6 Å². The normalized spacial score (nSPS) is 16.3. The molecular weight excluding hydrogens is 359 g/mol. The van der Waals surface area contributed by atoms with Crippen LogP contribution in [0.3, 0.4) is 0 Å². The van der Waals surface area contributed by atoms with Crippen molar-refractivity contribution in [3.63, 3.8) is 0 Å². The summed E-state index contributed by atoms with van der Waals surface area (Å²) < 4.78 is 1.90. The minimum absolute atomic E-state index is 0.725. The van der Waals surface area contributed by atoms with Gasteiger partial charge in [-0.25, -0.2) is 4.98 Å². The van der Waals surface area contributed by atoms with Crippen LogP contribution in [0.15, 0.2) is 36.9 Å². The topological polar surface area (TPSA) is 49.6 Å². The van der Waals surface area contributed by atoms with Gasteiger partial charge < -0.3 is 4.90 Å². The third-order valence-corrected chi connectivity index (χ3v) is 5.24. The van der Waals surface area contributed by atoms with E-state index in [4.69, 9.17) is 23.2 Å². The second-order valence-corrected chi connectivity index (χ2v) is 6.94. The molecule has 130 valence electrons. The molecule has 0 spiro atoms. The van der Waals surface area contributed by atoms with Crippen molar-refractivity contribution in [3.05, 3.63) is 52.5 Å². The first-order valence-electron chi connectivity index (χ1n) is 8.27. The molecule has 0 radical (unpaired) electrons. The molecule has 0 aliphatic carbocycles. The average Bonchev–Trinajstić information content (AvgIpc) is 2.97. The van der Waals surface area contributed by atoms with Gasteiger partial charge in [0.2, 0.25) is 5.65 Å². The van der Waals surface area contributed by atoms with Crippen LogP contribution in [0.4, 0.5) is 5.82 Å². The van der Waals surface area contributed by atoms with Crippen LogP contribution in [0.5, 0.6) is 0 Å². The minimum Gasteiger partial charge on any atom is -0.352 e. The number of nitrogens with zero attached hydrogens (tertiary/aromatic N) is 6. The molecule has 1 saturated heterocycles. The van der Waals surface area contributed by atoms with Crippen molar-refractivity contribution in [3.8, 4) is 0 Å². The molecule has 1 aromatic carbocycles. The highest BCUT2D eigenvalue weighted by molar-refractivity contribution is 6.35. The molecule has 1 aliphatic rings. The Kier molecular flexibility index (Phi) is 4.74. The van der Waals surface area contributed by atoms with Gasteiger partial charge in [0.1, 0.15) is 6.33 Å². The van der Waals surface area contributed by atoms with Gasteiger partial charge in [0, 0.05) is 60.7 Å². The van der Waals surface area contributed by atoms with E-state index in [1.807, 2.05) is 28.8 Å². The largest absolute Gasteiger partial charge is 0.352 e. The summed E-state index contributed by atoms with van der Waals surface area (Å²) in [6, 6.07) is 5.66. The lowest BCUT2D eigenvalue weighted by atomic mass is 10.2. The highest BCUT2D eigenvalue weighted by Crippen LogP contribution is 2.26. The minimum atomic E-state index is 0.725. The van der Waals surface area contributed by atoms with Crippen LogP contribution in [0.25, 0.3) is 5.65 Å². The number of halogens is 2. The molecule has 0 atom stereocenters. The van der Waals surface area contributed by atoms with E-state index in [-0.39, 0.29) is 0 Å². The monoisotopic (exact) mass is 376 g/mol. The van der Waals surface area contributed by atoms with Crippen molar-refractivity contribution in [2.45, 2.75) is 13.0 Å². The average molecular weight is 377 g/mol. The molecule has 8 heteroatoms. The van der Waals surface area contributed by atoms with E-state index >= 15 is 0 Å². The van der Waals surface area contributed by atoms with Crippen LogP contribution in [-0.4, -0.2) is 50.7 Å². The molecule has 4 rings (SSSR count). The first kappa shape index (κ1) is 16.6. The predicted octanol–water partition coefficient (Wildman–Crippen LogP) is 3.14. The van der Waals surface area contributed by atoms with Crippen molar-refractivity contribution >= 4 is 34.7 Å². The molecule has 1 fully saturated rings. The van der Waals surface area contributed by atoms with Crippen molar-refractivity contribution < 1.29 is 0 Å². The predicted molar refractivity (Wildman–Crippen MR) is 99.4 cm³/mol. The van der Waals surface area contributed by atoms with Crippen LogP contribution in [0.2, 0.25) is 10.0 Å². The van der Waals surface area contributed by atoms with Gasteiger partial charge in [0.25, 0.3) is 0 Å². The Hall–Kier alpha value is -1.89. The Balaban J connectivity index is 1.50. The smallest absolute Gasteiger partial charge is 0.203 e. The highest BCUT2D eigenvalue weighted by Gasteiger charge is 2.20. The summed E-state index contributed by atoms with van der Waals surface area (Å²) in [6.45, 7) is 4.48. The van der Waals surface area contributed by atoms with Crippen LogP contribution in [0.1, 0.15) is 12.0 Å². The van der Waals surface area contributed by atoms with Crippen molar-refractivity contribution in [2.75, 3.05) is 31.1 Å². The van der Waals surface area contributed by atoms with Crippen LogP contribution >= 0.6 is 23.2 Å². The molecule has 0 bridgehead atoms. The molecule has 0 amide bonds.